The van der Waals surface area contributed by atoms with Crippen LogP contribution in [-0.2, 0) is 7.05 Å². The van der Waals surface area contributed by atoms with Crippen molar-refractivity contribution in [3.8, 4) is 11.5 Å². The van der Waals surface area contributed by atoms with E-state index in [4.69, 9.17) is 9.47 Å². The number of hydrogen-bond donors (Lipinski definition) is 1. The molecule has 0 bridgehead atoms. The summed E-state index contributed by atoms with van der Waals surface area (Å²) in [5, 5.41) is 3.69. The van der Waals surface area contributed by atoms with E-state index in [1.807, 2.05) is 37.6 Å². The minimum Gasteiger partial charge on any atom is -0.497 e. The number of nitrogens with zero attached hydrogens (tertiary/aromatic N) is 2. The molecule has 1 atom stereocenters. The second-order valence-electron chi connectivity index (χ2n) is 6.07. The Morgan fingerprint density at radius 3 is 2.17 bits per heavy atom. The zero-order chi connectivity index (χ0) is 17.5. The fourth-order valence-corrected chi connectivity index (χ4v) is 2.87. The summed E-state index contributed by atoms with van der Waals surface area (Å²) in [7, 11) is 5.36. The molecule has 0 radical (unpaired) electrons. The van der Waals surface area contributed by atoms with Gasteiger partial charge in [-0.25, -0.2) is 4.98 Å². The van der Waals surface area contributed by atoms with Crippen molar-refractivity contribution in [2.24, 2.45) is 13.0 Å². The summed E-state index contributed by atoms with van der Waals surface area (Å²) >= 11 is 0. The summed E-state index contributed by atoms with van der Waals surface area (Å²) in [4.78, 5) is 4.55. The zero-order valence-electron chi connectivity index (χ0n) is 15.4. The van der Waals surface area contributed by atoms with Crippen LogP contribution in [0.25, 0.3) is 0 Å². The highest BCUT2D eigenvalue weighted by Gasteiger charge is 2.20. The van der Waals surface area contributed by atoms with Gasteiger partial charge < -0.3 is 19.4 Å². The van der Waals surface area contributed by atoms with Gasteiger partial charge in [-0.2, -0.15) is 0 Å². The Kier molecular flexibility index (Phi) is 6.67. The summed E-state index contributed by atoms with van der Waals surface area (Å²) in [6.45, 7) is 5.42. The lowest BCUT2D eigenvalue weighted by Gasteiger charge is -2.23. The van der Waals surface area contributed by atoms with Crippen molar-refractivity contribution in [2.75, 3.05) is 20.8 Å². The lowest BCUT2D eigenvalue weighted by molar-refractivity contribution is 0.389. The van der Waals surface area contributed by atoms with E-state index in [-0.39, 0.29) is 6.04 Å². The van der Waals surface area contributed by atoms with E-state index in [1.54, 1.807) is 14.2 Å². The SMILES string of the molecule is CCC(CC)CNC(c1cc(OC)cc(OC)c1)c1nccn1C. The smallest absolute Gasteiger partial charge is 0.130 e. The van der Waals surface area contributed by atoms with Gasteiger partial charge in [0.2, 0.25) is 0 Å². The van der Waals surface area contributed by atoms with E-state index in [0.29, 0.717) is 5.92 Å². The van der Waals surface area contributed by atoms with Crippen molar-refractivity contribution in [3.63, 3.8) is 0 Å². The average Bonchev–Trinajstić information content (AvgIpc) is 3.04. The molecule has 0 fully saturated rings. The molecule has 1 heterocycles. The van der Waals surface area contributed by atoms with E-state index in [2.05, 4.69) is 28.7 Å². The van der Waals surface area contributed by atoms with Crippen LogP contribution in [0.5, 0.6) is 11.5 Å². The van der Waals surface area contributed by atoms with Gasteiger partial charge in [0.05, 0.1) is 20.3 Å². The predicted octanol–water partition coefficient (Wildman–Crippen LogP) is 3.55. The Hall–Kier alpha value is -2.01. The van der Waals surface area contributed by atoms with Gasteiger partial charge in [-0.15, -0.1) is 0 Å². The first-order chi connectivity index (χ1) is 11.6. The molecule has 2 rings (SSSR count). The zero-order valence-corrected chi connectivity index (χ0v) is 15.4. The van der Waals surface area contributed by atoms with Crippen LogP contribution in [0.4, 0.5) is 0 Å². The maximum absolute atomic E-state index is 5.43. The minimum absolute atomic E-state index is 0.00500. The van der Waals surface area contributed by atoms with Crippen molar-refractivity contribution in [1.29, 1.82) is 0 Å². The van der Waals surface area contributed by atoms with Gasteiger partial charge in [-0.3, -0.25) is 0 Å². The third-order valence-electron chi connectivity index (χ3n) is 4.59. The number of hydrogen-bond acceptors (Lipinski definition) is 4. The van der Waals surface area contributed by atoms with E-state index in [1.165, 1.54) is 0 Å². The maximum atomic E-state index is 5.43. The normalized spacial score (nSPS) is 12.4. The quantitative estimate of drug-likeness (QED) is 0.763. The molecule has 1 unspecified atom stereocenters. The summed E-state index contributed by atoms with van der Waals surface area (Å²) in [6.07, 6.45) is 6.13. The number of methoxy groups -OCH3 is 2. The monoisotopic (exact) mass is 331 g/mol. The van der Waals surface area contributed by atoms with Crippen molar-refractivity contribution in [1.82, 2.24) is 14.9 Å². The predicted molar refractivity (Wildman–Crippen MR) is 96.7 cm³/mol. The van der Waals surface area contributed by atoms with Gasteiger partial charge in [0.1, 0.15) is 17.3 Å². The highest BCUT2D eigenvalue weighted by molar-refractivity contribution is 5.41. The van der Waals surface area contributed by atoms with E-state index >= 15 is 0 Å². The Morgan fingerprint density at radius 2 is 1.71 bits per heavy atom. The Labute approximate surface area is 145 Å². The van der Waals surface area contributed by atoms with E-state index in [9.17, 15) is 0 Å². The van der Waals surface area contributed by atoms with Gasteiger partial charge in [0.15, 0.2) is 0 Å². The Balaban J connectivity index is 2.37. The van der Waals surface area contributed by atoms with Gasteiger partial charge in [0.25, 0.3) is 0 Å². The molecule has 0 saturated heterocycles. The van der Waals surface area contributed by atoms with Crippen LogP contribution in [0, 0.1) is 5.92 Å². The molecule has 5 nitrogen and oxygen atoms in total. The number of aryl methyl sites for hydroxylation is 1. The summed E-state index contributed by atoms with van der Waals surface area (Å²) in [5.41, 5.74) is 1.09. The van der Waals surface area contributed by atoms with Crippen LogP contribution in [0.1, 0.15) is 44.1 Å². The first-order valence-electron chi connectivity index (χ1n) is 8.56. The number of imidazole rings is 1. The molecule has 0 saturated carbocycles. The average molecular weight is 331 g/mol. The number of rotatable bonds is 9. The van der Waals surface area contributed by atoms with Crippen LogP contribution in [0.2, 0.25) is 0 Å². The van der Waals surface area contributed by atoms with Crippen LogP contribution < -0.4 is 14.8 Å². The molecule has 132 valence electrons. The summed E-state index contributed by atoms with van der Waals surface area (Å²) in [5.74, 6) is 3.21. The van der Waals surface area contributed by atoms with Crippen LogP contribution in [-0.4, -0.2) is 30.3 Å². The van der Waals surface area contributed by atoms with Gasteiger partial charge in [0, 0.05) is 25.5 Å². The van der Waals surface area contributed by atoms with Gasteiger partial charge in [-0.1, -0.05) is 26.7 Å². The molecule has 0 aliphatic carbocycles. The second kappa shape index (κ2) is 8.73. The van der Waals surface area contributed by atoms with Gasteiger partial charge >= 0.3 is 0 Å². The van der Waals surface area contributed by atoms with Crippen LogP contribution >= 0.6 is 0 Å². The number of benzene rings is 1. The number of aromatic nitrogens is 2. The Morgan fingerprint density at radius 1 is 1.08 bits per heavy atom. The fraction of sp³-hybridized carbons (Fsp3) is 0.526. The molecule has 2 aromatic rings. The molecular weight excluding hydrogens is 302 g/mol. The maximum Gasteiger partial charge on any atom is 0.130 e. The standard InChI is InChI=1S/C19H29N3O2/c1-6-14(7-2)13-21-18(19-20-8-9-22(19)3)15-10-16(23-4)12-17(11-15)24-5/h8-12,14,18,21H,6-7,13H2,1-5H3. The highest BCUT2D eigenvalue weighted by Crippen LogP contribution is 2.29. The van der Waals surface area contributed by atoms with E-state index < -0.39 is 0 Å². The molecule has 0 amide bonds. The van der Waals surface area contributed by atoms with Gasteiger partial charge in [-0.05, 0) is 30.2 Å². The summed E-state index contributed by atoms with van der Waals surface area (Å²) < 4.78 is 12.9. The third-order valence-corrected chi connectivity index (χ3v) is 4.59. The molecule has 1 N–H and O–H groups in total. The van der Waals surface area contributed by atoms with Crippen LogP contribution in [0.3, 0.4) is 0 Å². The summed E-state index contributed by atoms with van der Waals surface area (Å²) in [6, 6.07) is 5.97. The van der Waals surface area contributed by atoms with Crippen LogP contribution in [0.15, 0.2) is 30.6 Å². The van der Waals surface area contributed by atoms with Crippen molar-refractivity contribution >= 4 is 0 Å². The molecule has 24 heavy (non-hydrogen) atoms. The lowest BCUT2D eigenvalue weighted by Crippen LogP contribution is -2.29. The third kappa shape index (κ3) is 4.29. The number of nitrogens with one attached hydrogen (secondary N) is 1. The molecule has 1 aromatic carbocycles. The molecule has 0 aliphatic rings. The molecule has 0 spiro atoms. The lowest BCUT2D eigenvalue weighted by atomic mass is 10.0. The second-order valence-corrected chi connectivity index (χ2v) is 6.07. The molecule has 1 aromatic heterocycles. The van der Waals surface area contributed by atoms with Crippen molar-refractivity contribution in [3.05, 3.63) is 42.0 Å². The Bertz CT molecular complexity index is 613. The largest absolute Gasteiger partial charge is 0.497 e. The molecular formula is C19H29N3O2. The fourth-order valence-electron chi connectivity index (χ4n) is 2.87. The first kappa shape index (κ1) is 18.3. The van der Waals surface area contributed by atoms with E-state index in [0.717, 1.165) is 42.3 Å². The minimum atomic E-state index is -0.00500. The van der Waals surface area contributed by atoms with Crippen molar-refractivity contribution < 1.29 is 9.47 Å². The first-order valence-corrected chi connectivity index (χ1v) is 8.56. The number of ether oxygens (including phenoxy) is 2. The topological polar surface area (TPSA) is 48.3 Å². The molecule has 5 heteroatoms. The molecule has 0 aliphatic heterocycles. The van der Waals surface area contributed by atoms with Crippen molar-refractivity contribution in [2.45, 2.75) is 32.7 Å². The highest BCUT2D eigenvalue weighted by atomic mass is 16.5.